The van der Waals surface area contributed by atoms with Crippen LogP contribution in [0.3, 0.4) is 0 Å². The normalized spacial score (nSPS) is 15.1. The maximum atomic E-state index is 11.2. The second kappa shape index (κ2) is 9.17. The van der Waals surface area contributed by atoms with Crippen LogP contribution in [-0.2, 0) is 4.74 Å². The fourth-order valence-electron chi connectivity index (χ4n) is 3.61. The fourth-order valence-corrected chi connectivity index (χ4v) is 3.61. The van der Waals surface area contributed by atoms with Crippen molar-refractivity contribution >= 4 is 28.7 Å². The number of allylic oxidation sites excluding steroid dienone is 8. The van der Waals surface area contributed by atoms with Gasteiger partial charge in [-0.15, -0.1) is 0 Å². The molecule has 2 aromatic rings. The minimum absolute atomic E-state index is 0.244. The SMILES string of the molecule is CN(C)c1ccc(C2=CC(=C3C=CC(=[N+](C)C)C=C3)OC(c3ccc(C(=O)O)cc3)=C2)cc1. The number of rotatable bonds is 4. The Morgan fingerprint density at radius 3 is 2.00 bits per heavy atom. The molecular weight excluding hydrogens is 412 g/mol. The summed E-state index contributed by atoms with van der Waals surface area (Å²) in [4.78, 5) is 13.3. The van der Waals surface area contributed by atoms with Gasteiger partial charge in [-0.1, -0.05) is 24.3 Å². The van der Waals surface area contributed by atoms with Gasteiger partial charge in [0.15, 0.2) is 5.71 Å². The summed E-state index contributed by atoms with van der Waals surface area (Å²) in [6.07, 6.45) is 12.3. The number of carboxylic acids is 1. The summed E-state index contributed by atoms with van der Waals surface area (Å²) in [5.41, 5.74) is 6.37. The van der Waals surface area contributed by atoms with Gasteiger partial charge in [0, 0.05) is 43.1 Å². The molecule has 0 unspecified atom stereocenters. The van der Waals surface area contributed by atoms with E-state index in [9.17, 15) is 9.90 Å². The second-order valence-electron chi connectivity index (χ2n) is 8.34. The van der Waals surface area contributed by atoms with Crippen LogP contribution in [-0.4, -0.2) is 49.6 Å². The molecule has 1 heterocycles. The van der Waals surface area contributed by atoms with Crippen molar-refractivity contribution in [3.8, 4) is 0 Å². The molecule has 0 amide bonds. The van der Waals surface area contributed by atoms with Crippen molar-refractivity contribution in [1.29, 1.82) is 0 Å². The first kappa shape index (κ1) is 22.1. The monoisotopic (exact) mass is 439 g/mol. The topological polar surface area (TPSA) is 52.8 Å². The molecule has 0 atom stereocenters. The van der Waals surface area contributed by atoms with Crippen molar-refractivity contribution in [1.82, 2.24) is 0 Å². The zero-order valence-electron chi connectivity index (χ0n) is 19.2. The van der Waals surface area contributed by atoms with Gasteiger partial charge < -0.3 is 14.7 Å². The molecule has 1 N–H and O–H groups in total. The lowest BCUT2D eigenvalue weighted by molar-refractivity contribution is -0.462. The highest BCUT2D eigenvalue weighted by Crippen LogP contribution is 2.34. The van der Waals surface area contributed by atoms with Gasteiger partial charge in [0.2, 0.25) is 0 Å². The predicted molar refractivity (Wildman–Crippen MR) is 134 cm³/mol. The molecule has 2 aromatic carbocycles. The van der Waals surface area contributed by atoms with Crippen LogP contribution in [0.1, 0.15) is 21.5 Å². The van der Waals surface area contributed by atoms with E-state index in [1.54, 1.807) is 24.3 Å². The number of aromatic carboxylic acids is 1. The van der Waals surface area contributed by atoms with Gasteiger partial charge in [-0.25, -0.2) is 9.37 Å². The van der Waals surface area contributed by atoms with Crippen LogP contribution in [0.4, 0.5) is 5.69 Å². The van der Waals surface area contributed by atoms with Gasteiger partial charge in [-0.3, -0.25) is 0 Å². The van der Waals surface area contributed by atoms with Crippen molar-refractivity contribution < 1.29 is 19.2 Å². The summed E-state index contributed by atoms with van der Waals surface area (Å²) in [5.74, 6) is 0.467. The maximum Gasteiger partial charge on any atom is 0.335 e. The second-order valence-corrected chi connectivity index (χ2v) is 8.34. The minimum Gasteiger partial charge on any atom is -0.478 e. The van der Waals surface area contributed by atoms with E-state index in [1.165, 1.54) is 0 Å². The first-order valence-corrected chi connectivity index (χ1v) is 10.7. The Bertz CT molecular complexity index is 1250. The van der Waals surface area contributed by atoms with Gasteiger partial charge in [0.05, 0.1) is 5.56 Å². The lowest BCUT2D eigenvalue weighted by Crippen LogP contribution is -2.10. The molecule has 0 aromatic heterocycles. The van der Waals surface area contributed by atoms with Gasteiger partial charge in [-0.2, -0.15) is 0 Å². The Labute approximate surface area is 194 Å². The highest BCUT2D eigenvalue weighted by atomic mass is 16.5. The number of carboxylic acid groups (broad SMARTS) is 1. The fraction of sp³-hybridized carbons (Fsp3) is 0.143. The van der Waals surface area contributed by atoms with Gasteiger partial charge in [0.1, 0.15) is 25.6 Å². The Hall–Kier alpha value is -4.12. The zero-order valence-corrected chi connectivity index (χ0v) is 19.2. The minimum atomic E-state index is -0.949. The van der Waals surface area contributed by atoms with Crippen molar-refractivity contribution in [2.45, 2.75) is 0 Å². The quantitative estimate of drug-likeness (QED) is 0.682. The molecule has 5 nitrogen and oxygen atoms in total. The number of hydrogen-bond donors (Lipinski definition) is 1. The number of hydrogen-bond acceptors (Lipinski definition) is 3. The number of carbonyl (C=O) groups is 1. The van der Waals surface area contributed by atoms with E-state index in [4.69, 9.17) is 4.74 Å². The molecule has 1 aliphatic heterocycles. The van der Waals surface area contributed by atoms with E-state index in [-0.39, 0.29) is 5.56 Å². The molecule has 0 bridgehead atoms. The van der Waals surface area contributed by atoms with E-state index in [0.717, 1.165) is 39.4 Å². The lowest BCUT2D eigenvalue weighted by atomic mass is 9.97. The van der Waals surface area contributed by atoms with E-state index < -0.39 is 5.97 Å². The summed E-state index contributed by atoms with van der Waals surface area (Å²) < 4.78 is 8.36. The van der Waals surface area contributed by atoms with Crippen molar-refractivity contribution in [2.75, 3.05) is 33.1 Å². The van der Waals surface area contributed by atoms with Gasteiger partial charge in [-0.05, 0) is 59.7 Å². The molecule has 0 spiro atoms. The van der Waals surface area contributed by atoms with Crippen LogP contribution in [0.2, 0.25) is 0 Å². The van der Waals surface area contributed by atoms with Crippen molar-refractivity contribution in [2.24, 2.45) is 0 Å². The van der Waals surface area contributed by atoms with Gasteiger partial charge in [0.25, 0.3) is 0 Å². The van der Waals surface area contributed by atoms with E-state index >= 15 is 0 Å². The highest BCUT2D eigenvalue weighted by molar-refractivity contribution is 6.02. The first-order valence-electron chi connectivity index (χ1n) is 10.7. The van der Waals surface area contributed by atoms with Crippen LogP contribution >= 0.6 is 0 Å². The third kappa shape index (κ3) is 4.88. The van der Waals surface area contributed by atoms with Crippen LogP contribution < -0.4 is 4.90 Å². The van der Waals surface area contributed by atoms with Crippen LogP contribution in [0.25, 0.3) is 11.3 Å². The lowest BCUT2D eigenvalue weighted by Gasteiger charge is -2.21. The molecule has 5 heteroatoms. The third-order valence-electron chi connectivity index (χ3n) is 5.59. The van der Waals surface area contributed by atoms with Crippen LogP contribution in [0.5, 0.6) is 0 Å². The number of nitrogens with zero attached hydrogens (tertiary/aromatic N) is 2. The number of anilines is 1. The Balaban J connectivity index is 1.78. The molecular formula is C28H27N2O3+. The molecule has 0 saturated heterocycles. The standard InChI is InChI=1S/C28H26N2O3/c1-29(2)24-13-9-19(10-14-24)23-17-26(20-5-7-22(8-6-20)28(31)32)33-27(18-23)21-11-15-25(16-12-21)30(3)4/h5-18H,1-4H3/p+1. The van der Waals surface area contributed by atoms with E-state index in [2.05, 4.69) is 45.9 Å². The highest BCUT2D eigenvalue weighted by Gasteiger charge is 2.18. The van der Waals surface area contributed by atoms with Crippen LogP contribution in [0, 0.1) is 0 Å². The van der Waals surface area contributed by atoms with Gasteiger partial charge >= 0.3 is 5.97 Å². The predicted octanol–water partition coefficient (Wildman–Crippen LogP) is 5.00. The average Bonchev–Trinajstić information content (AvgIpc) is 2.84. The third-order valence-corrected chi connectivity index (χ3v) is 5.59. The summed E-state index contributed by atoms with van der Waals surface area (Å²) in [6, 6.07) is 15.1. The molecule has 0 radical (unpaired) electrons. The smallest absolute Gasteiger partial charge is 0.335 e. The Morgan fingerprint density at radius 2 is 1.45 bits per heavy atom. The number of ether oxygens (including phenoxy) is 1. The maximum absolute atomic E-state index is 11.2. The van der Waals surface area contributed by atoms with Crippen molar-refractivity contribution in [3.05, 3.63) is 113 Å². The van der Waals surface area contributed by atoms with Crippen LogP contribution in [0.15, 0.2) is 96.3 Å². The number of benzene rings is 2. The largest absolute Gasteiger partial charge is 0.478 e. The summed E-state index contributed by atoms with van der Waals surface area (Å²) in [6.45, 7) is 0. The Morgan fingerprint density at radius 1 is 0.848 bits per heavy atom. The Kier molecular flexibility index (Phi) is 6.13. The van der Waals surface area contributed by atoms with Crippen molar-refractivity contribution in [3.63, 3.8) is 0 Å². The molecule has 0 fully saturated rings. The molecule has 0 saturated carbocycles. The van der Waals surface area contributed by atoms with E-state index in [1.807, 2.05) is 52.5 Å². The molecule has 2 aliphatic rings. The molecule has 4 rings (SSSR count). The average molecular weight is 440 g/mol. The molecule has 33 heavy (non-hydrogen) atoms. The first-order chi connectivity index (χ1) is 15.8. The van der Waals surface area contributed by atoms with E-state index in [0.29, 0.717) is 5.76 Å². The summed E-state index contributed by atoms with van der Waals surface area (Å²) in [5, 5.41) is 9.22. The summed E-state index contributed by atoms with van der Waals surface area (Å²) >= 11 is 0. The molecule has 166 valence electrons. The zero-order chi connectivity index (χ0) is 23.5. The summed E-state index contributed by atoms with van der Waals surface area (Å²) in [7, 11) is 8.06. The molecule has 1 aliphatic carbocycles.